The summed E-state index contributed by atoms with van der Waals surface area (Å²) in [6, 6.07) is 11.1. The molecule has 182 valence electrons. The lowest BCUT2D eigenvalue weighted by molar-refractivity contribution is -0.136. The van der Waals surface area contributed by atoms with Crippen LogP contribution in [0.4, 0.5) is 5.82 Å². The van der Waals surface area contributed by atoms with E-state index in [2.05, 4.69) is 60.6 Å². The van der Waals surface area contributed by atoms with Crippen LogP contribution >= 0.6 is 0 Å². The molecule has 2 aliphatic heterocycles. The van der Waals surface area contributed by atoms with Gasteiger partial charge in [0.1, 0.15) is 17.5 Å². The molecule has 4 heterocycles. The summed E-state index contributed by atoms with van der Waals surface area (Å²) in [5.74, 6) is 1.91. The Morgan fingerprint density at radius 2 is 2.11 bits per heavy atom. The van der Waals surface area contributed by atoms with Crippen LogP contribution < -0.4 is 4.90 Å². The first-order valence-electron chi connectivity index (χ1n) is 13.0. The molecule has 6 nitrogen and oxygen atoms in total. The molecule has 1 N–H and O–H groups in total. The van der Waals surface area contributed by atoms with Gasteiger partial charge in [0.05, 0.1) is 5.69 Å². The summed E-state index contributed by atoms with van der Waals surface area (Å²) < 4.78 is 0. The number of nitrogens with zero attached hydrogens (tertiary/aromatic N) is 4. The standard InChI is InChI=1S/C30H31N5O/c1-4-25(36)35-16-30(17-35)9-11-34(15-30)28-22(14-31)26(20-6-5-7-24-19(20)8-10-32-24)21-12-18-13-23(27(21)33-28)29(18,2)3/h4-8,10,18,23,32H,1,9,11-13,15-17H2,2-3H3/t18-,23-/m0/s1. The van der Waals surface area contributed by atoms with Gasteiger partial charge in [-0.2, -0.15) is 5.26 Å². The van der Waals surface area contributed by atoms with E-state index in [9.17, 15) is 10.1 Å². The number of fused-ring (bicyclic) bond motifs is 1. The largest absolute Gasteiger partial charge is 0.361 e. The van der Waals surface area contributed by atoms with Crippen molar-refractivity contribution in [1.29, 1.82) is 5.26 Å². The number of anilines is 1. The maximum Gasteiger partial charge on any atom is 0.245 e. The van der Waals surface area contributed by atoms with Crippen LogP contribution in [-0.2, 0) is 11.2 Å². The molecule has 1 aromatic carbocycles. The number of carbonyl (C=O) groups excluding carboxylic acids is 1. The van der Waals surface area contributed by atoms with Crippen molar-refractivity contribution in [2.75, 3.05) is 31.1 Å². The van der Waals surface area contributed by atoms with Crippen molar-refractivity contribution >= 4 is 22.6 Å². The van der Waals surface area contributed by atoms with Crippen LogP contribution in [0.25, 0.3) is 22.0 Å². The van der Waals surface area contributed by atoms with Gasteiger partial charge in [0, 0.05) is 60.2 Å². The minimum Gasteiger partial charge on any atom is -0.361 e. The van der Waals surface area contributed by atoms with Gasteiger partial charge in [-0.05, 0) is 59.9 Å². The van der Waals surface area contributed by atoms with Crippen molar-refractivity contribution in [3.8, 4) is 17.2 Å². The van der Waals surface area contributed by atoms with Crippen LogP contribution in [0.3, 0.4) is 0 Å². The molecule has 8 rings (SSSR count). The predicted molar refractivity (Wildman–Crippen MR) is 141 cm³/mol. The van der Waals surface area contributed by atoms with Crippen molar-refractivity contribution in [2.24, 2.45) is 16.7 Å². The number of pyridine rings is 1. The van der Waals surface area contributed by atoms with Gasteiger partial charge in [0.25, 0.3) is 0 Å². The predicted octanol–water partition coefficient (Wildman–Crippen LogP) is 5.01. The van der Waals surface area contributed by atoms with Gasteiger partial charge in [0.15, 0.2) is 0 Å². The number of likely N-dealkylation sites (tertiary alicyclic amines) is 1. The molecule has 2 aromatic heterocycles. The van der Waals surface area contributed by atoms with Crippen LogP contribution in [0, 0.1) is 28.1 Å². The average molecular weight is 478 g/mol. The van der Waals surface area contributed by atoms with E-state index in [1.54, 1.807) is 0 Å². The topological polar surface area (TPSA) is 76.0 Å². The molecule has 3 aromatic rings. The normalized spacial score (nSPS) is 24.7. The number of rotatable bonds is 3. The van der Waals surface area contributed by atoms with Gasteiger partial charge in [0.2, 0.25) is 5.91 Å². The van der Waals surface area contributed by atoms with E-state index in [-0.39, 0.29) is 16.7 Å². The van der Waals surface area contributed by atoms with Gasteiger partial charge in [-0.15, -0.1) is 0 Å². The van der Waals surface area contributed by atoms with Crippen molar-refractivity contribution in [3.63, 3.8) is 0 Å². The highest BCUT2D eigenvalue weighted by Crippen LogP contribution is 2.63. The molecule has 2 atom stereocenters. The van der Waals surface area contributed by atoms with Crippen molar-refractivity contribution in [2.45, 2.75) is 39.0 Å². The lowest BCUT2D eigenvalue weighted by Crippen LogP contribution is -2.59. The number of nitriles is 1. The Balaban J connectivity index is 1.37. The number of amides is 1. The Hall–Kier alpha value is -3.59. The number of carbonyl (C=O) groups is 1. The second kappa shape index (κ2) is 7.22. The monoisotopic (exact) mass is 477 g/mol. The van der Waals surface area contributed by atoms with E-state index in [4.69, 9.17) is 4.98 Å². The number of aromatic amines is 1. The number of H-pyrrole nitrogens is 1. The zero-order valence-corrected chi connectivity index (χ0v) is 21.0. The summed E-state index contributed by atoms with van der Waals surface area (Å²) in [5, 5.41) is 11.7. The fourth-order valence-electron chi connectivity index (χ4n) is 7.55. The summed E-state index contributed by atoms with van der Waals surface area (Å²) in [6.45, 7) is 11.6. The van der Waals surface area contributed by atoms with E-state index in [0.29, 0.717) is 17.4 Å². The summed E-state index contributed by atoms with van der Waals surface area (Å²) in [6.07, 6.45) is 6.57. The fraction of sp³-hybridized carbons (Fsp3) is 0.433. The molecule has 1 spiro atoms. The molecule has 0 radical (unpaired) electrons. The lowest BCUT2D eigenvalue weighted by Gasteiger charge is -2.57. The molecule has 6 heteroatoms. The molecule has 2 saturated heterocycles. The van der Waals surface area contributed by atoms with E-state index < -0.39 is 0 Å². The van der Waals surface area contributed by atoms with Gasteiger partial charge in [-0.25, -0.2) is 4.98 Å². The van der Waals surface area contributed by atoms with E-state index in [1.807, 2.05) is 11.1 Å². The first-order chi connectivity index (χ1) is 17.3. The second-order valence-electron chi connectivity index (χ2n) is 12.0. The van der Waals surface area contributed by atoms with Crippen molar-refractivity contribution < 1.29 is 4.79 Å². The van der Waals surface area contributed by atoms with Crippen LogP contribution in [0.5, 0.6) is 0 Å². The number of benzene rings is 1. The zero-order valence-electron chi connectivity index (χ0n) is 21.0. The molecule has 36 heavy (non-hydrogen) atoms. The smallest absolute Gasteiger partial charge is 0.245 e. The number of hydrogen-bond donors (Lipinski definition) is 1. The third kappa shape index (κ3) is 2.77. The van der Waals surface area contributed by atoms with Crippen LogP contribution in [-0.4, -0.2) is 47.0 Å². The molecule has 3 aliphatic carbocycles. The van der Waals surface area contributed by atoms with Crippen LogP contribution in [0.1, 0.15) is 49.4 Å². The van der Waals surface area contributed by atoms with Crippen molar-refractivity contribution in [3.05, 3.63) is 59.9 Å². The maximum atomic E-state index is 12.1. The van der Waals surface area contributed by atoms with E-state index >= 15 is 0 Å². The molecule has 5 aliphatic rings. The van der Waals surface area contributed by atoms with Gasteiger partial charge >= 0.3 is 0 Å². The van der Waals surface area contributed by atoms with Gasteiger partial charge in [-0.1, -0.05) is 32.6 Å². The molecular weight excluding hydrogens is 446 g/mol. The molecule has 1 saturated carbocycles. The zero-order chi connectivity index (χ0) is 24.8. The SMILES string of the molecule is C=CC(=O)N1CC2(CCN(c3nc4c(c(-c5cccc6[nH]ccc56)c3C#N)C[C@H]3C[C@@H]4C3(C)C)C2)C1. The minimum atomic E-state index is 0.00680. The Bertz CT molecular complexity index is 1480. The highest BCUT2D eigenvalue weighted by atomic mass is 16.2. The van der Waals surface area contributed by atoms with Crippen molar-refractivity contribution in [1.82, 2.24) is 14.9 Å². The molecular formula is C30H31N5O. The van der Waals surface area contributed by atoms with Crippen LogP contribution in [0.2, 0.25) is 0 Å². The summed E-state index contributed by atoms with van der Waals surface area (Å²) in [5.41, 5.74) is 6.83. The Morgan fingerprint density at radius 1 is 1.28 bits per heavy atom. The van der Waals surface area contributed by atoms with Gasteiger partial charge in [-0.3, -0.25) is 4.79 Å². The highest BCUT2D eigenvalue weighted by Gasteiger charge is 2.55. The molecule has 2 bridgehead atoms. The Morgan fingerprint density at radius 3 is 2.86 bits per heavy atom. The third-order valence-corrected chi connectivity index (χ3v) is 9.81. The summed E-state index contributed by atoms with van der Waals surface area (Å²) in [4.78, 5) is 24.9. The maximum absolute atomic E-state index is 12.1. The first-order valence-corrected chi connectivity index (χ1v) is 13.0. The van der Waals surface area contributed by atoms with Crippen LogP contribution in [0.15, 0.2) is 43.1 Å². The first kappa shape index (κ1) is 21.7. The molecule has 1 amide bonds. The quantitative estimate of drug-likeness (QED) is 0.538. The second-order valence-corrected chi connectivity index (χ2v) is 12.0. The Kier molecular flexibility index (Phi) is 4.35. The average Bonchev–Trinajstić information content (AvgIpc) is 3.53. The molecule has 0 unspecified atom stereocenters. The number of nitrogens with one attached hydrogen (secondary N) is 1. The third-order valence-electron chi connectivity index (χ3n) is 9.81. The minimum absolute atomic E-state index is 0.00680. The summed E-state index contributed by atoms with van der Waals surface area (Å²) >= 11 is 0. The summed E-state index contributed by atoms with van der Waals surface area (Å²) in [7, 11) is 0. The van der Waals surface area contributed by atoms with E-state index in [1.165, 1.54) is 23.8 Å². The lowest BCUT2D eigenvalue weighted by atomic mass is 9.48. The number of aromatic nitrogens is 2. The molecule has 3 fully saturated rings. The van der Waals surface area contributed by atoms with E-state index in [0.717, 1.165) is 66.9 Å². The van der Waals surface area contributed by atoms with Gasteiger partial charge < -0.3 is 14.8 Å². The number of hydrogen-bond acceptors (Lipinski definition) is 4. The Labute approximate surface area is 211 Å². The fourth-order valence-corrected chi connectivity index (χ4v) is 7.55. The highest BCUT2D eigenvalue weighted by molar-refractivity contribution is 5.98.